The van der Waals surface area contributed by atoms with Crippen LogP contribution < -0.4 is 11.1 Å². The second-order valence-corrected chi connectivity index (χ2v) is 3.34. The topological polar surface area (TPSA) is 98.3 Å². The zero-order valence-electron chi connectivity index (χ0n) is 8.90. The normalized spacial score (nSPS) is 9.88. The van der Waals surface area contributed by atoms with Gasteiger partial charge in [0, 0.05) is 25.1 Å². The minimum absolute atomic E-state index is 0.0475. The Hall–Kier alpha value is -1.95. The van der Waals surface area contributed by atoms with Crippen LogP contribution >= 0.6 is 0 Å². The molecule has 3 N–H and O–H groups in total. The number of aryl methyl sites for hydroxylation is 1. The summed E-state index contributed by atoms with van der Waals surface area (Å²) in [5, 5.41) is 13.1. The number of nitrogens with zero attached hydrogens (tertiary/aromatic N) is 1. The summed E-state index contributed by atoms with van der Waals surface area (Å²) < 4.78 is 0. The molecule has 0 radical (unpaired) electrons. The van der Waals surface area contributed by atoms with Gasteiger partial charge in [-0.2, -0.15) is 0 Å². The summed E-state index contributed by atoms with van der Waals surface area (Å²) in [4.78, 5) is 21.3. The third kappa shape index (κ3) is 3.03. The zero-order chi connectivity index (χ0) is 12.1. The molecule has 0 atom stereocenters. The Morgan fingerprint density at radius 3 is 2.81 bits per heavy atom. The number of hydrogen-bond donors (Lipinski definition) is 2. The maximum absolute atomic E-state index is 11.3. The first-order chi connectivity index (χ1) is 7.54. The number of nitro groups is 1. The molecular weight excluding hydrogens is 210 g/mol. The Kier molecular flexibility index (Phi) is 3.96. The van der Waals surface area contributed by atoms with Gasteiger partial charge in [0.25, 0.3) is 5.69 Å². The van der Waals surface area contributed by atoms with Gasteiger partial charge >= 0.3 is 0 Å². The monoisotopic (exact) mass is 223 g/mol. The Morgan fingerprint density at radius 1 is 1.56 bits per heavy atom. The molecular formula is C10H13N3O3. The fraction of sp³-hybridized carbons (Fsp3) is 0.300. The van der Waals surface area contributed by atoms with E-state index in [9.17, 15) is 14.9 Å². The minimum Gasteiger partial charge on any atom is -0.330 e. The lowest BCUT2D eigenvalue weighted by Crippen LogP contribution is -2.16. The molecule has 1 aromatic carbocycles. The van der Waals surface area contributed by atoms with Crippen LogP contribution in [-0.2, 0) is 4.79 Å². The average molecular weight is 223 g/mol. The molecule has 0 saturated heterocycles. The van der Waals surface area contributed by atoms with E-state index in [1.807, 2.05) is 0 Å². The van der Waals surface area contributed by atoms with Gasteiger partial charge in [-0.25, -0.2) is 0 Å². The van der Waals surface area contributed by atoms with Crippen LogP contribution in [0.4, 0.5) is 11.4 Å². The summed E-state index contributed by atoms with van der Waals surface area (Å²) in [5.41, 5.74) is 6.41. The van der Waals surface area contributed by atoms with E-state index >= 15 is 0 Å². The Bertz CT molecular complexity index is 418. The van der Waals surface area contributed by atoms with Crippen LogP contribution in [0.2, 0.25) is 0 Å². The number of nitrogens with one attached hydrogen (secondary N) is 1. The number of non-ortho nitro benzene ring substituents is 1. The molecule has 0 bridgehead atoms. The van der Waals surface area contributed by atoms with Crippen LogP contribution in [0, 0.1) is 17.0 Å². The van der Waals surface area contributed by atoms with Gasteiger partial charge in [-0.3, -0.25) is 14.9 Å². The first kappa shape index (κ1) is 12.1. The first-order valence-corrected chi connectivity index (χ1v) is 4.79. The van der Waals surface area contributed by atoms with Crippen molar-refractivity contribution in [1.29, 1.82) is 0 Å². The molecule has 0 aliphatic rings. The van der Waals surface area contributed by atoms with Gasteiger partial charge in [0.15, 0.2) is 0 Å². The van der Waals surface area contributed by atoms with Crippen molar-refractivity contribution < 1.29 is 9.72 Å². The smallest absolute Gasteiger partial charge is 0.271 e. The Morgan fingerprint density at radius 2 is 2.25 bits per heavy atom. The van der Waals surface area contributed by atoms with E-state index in [1.165, 1.54) is 12.1 Å². The van der Waals surface area contributed by atoms with Gasteiger partial charge < -0.3 is 11.1 Å². The van der Waals surface area contributed by atoms with Crippen molar-refractivity contribution in [2.24, 2.45) is 5.73 Å². The Balaban J connectivity index is 2.90. The molecule has 0 aliphatic heterocycles. The SMILES string of the molecule is Cc1ccc([N+](=O)[O-])cc1NC(=O)CCN. The first-order valence-electron chi connectivity index (χ1n) is 4.79. The quantitative estimate of drug-likeness (QED) is 0.591. The number of rotatable bonds is 4. The summed E-state index contributed by atoms with van der Waals surface area (Å²) in [6.45, 7) is 2.02. The molecule has 0 spiro atoms. The highest BCUT2D eigenvalue weighted by atomic mass is 16.6. The van der Waals surface area contributed by atoms with Gasteiger partial charge in [0.2, 0.25) is 5.91 Å². The molecule has 86 valence electrons. The Labute approximate surface area is 92.6 Å². The van der Waals surface area contributed by atoms with Gasteiger partial charge in [-0.05, 0) is 12.5 Å². The van der Waals surface area contributed by atoms with Gasteiger partial charge in [0.1, 0.15) is 0 Å². The van der Waals surface area contributed by atoms with E-state index in [2.05, 4.69) is 5.32 Å². The molecule has 1 rings (SSSR count). The van der Waals surface area contributed by atoms with E-state index < -0.39 is 4.92 Å². The predicted octanol–water partition coefficient (Wildman–Crippen LogP) is 1.19. The van der Waals surface area contributed by atoms with Gasteiger partial charge in [0.05, 0.1) is 10.6 Å². The molecule has 0 aromatic heterocycles. The molecule has 1 amide bonds. The molecule has 16 heavy (non-hydrogen) atoms. The molecule has 0 aliphatic carbocycles. The van der Waals surface area contributed by atoms with E-state index in [4.69, 9.17) is 5.73 Å². The largest absolute Gasteiger partial charge is 0.330 e. The van der Waals surface area contributed by atoms with Crippen LogP contribution in [0.3, 0.4) is 0 Å². The highest BCUT2D eigenvalue weighted by molar-refractivity contribution is 5.91. The fourth-order valence-corrected chi connectivity index (χ4v) is 1.20. The number of anilines is 1. The molecule has 1 aromatic rings. The van der Waals surface area contributed by atoms with Gasteiger partial charge in [-0.1, -0.05) is 6.07 Å². The number of carbonyl (C=O) groups excluding carboxylic acids is 1. The van der Waals surface area contributed by atoms with Crippen molar-refractivity contribution in [3.05, 3.63) is 33.9 Å². The second-order valence-electron chi connectivity index (χ2n) is 3.34. The third-order valence-electron chi connectivity index (χ3n) is 2.08. The van der Waals surface area contributed by atoms with Crippen molar-refractivity contribution in [2.75, 3.05) is 11.9 Å². The summed E-state index contributed by atoms with van der Waals surface area (Å²) in [5.74, 6) is -0.244. The number of benzene rings is 1. The van der Waals surface area contributed by atoms with E-state index in [-0.39, 0.29) is 24.6 Å². The van der Waals surface area contributed by atoms with E-state index in [0.29, 0.717) is 5.69 Å². The van der Waals surface area contributed by atoms with Crippen molar-refractivity contribution in [1.82, 2.24) is 0 Å². The molecule has 0 saturated carbocycles. The maximum Gasteiger partial charge on any atom is 0.271 e. The van der Waals surface area contributed by atoms with Crippen LogP contribution in [0.25, 0.3) is 0 Å². The van der Waals surface area contributed by atoms with E-state index in [0.717, 1.165) is 5.56 Å². The third-order valence-corrected chi connectivity index (χ3v) is 2.08. The number of hydrogen-bond acceptors (Lipinski definition) is 4. The molecule has 0 unspecified atom stereocenters. The lowest BCUT2D eigenvalue weighted by molar-refractivity contribution is -0.384. The number of nitro benzene ring substituents is 1. The van der Waals surface area contributed by atoms with Crippen LogP contribution in [-0.4, -0.2) is 17.4 Å². The lowest BCUT2D eigenvalue weighted by Gasteiger charge is -2.07. The molecule has 6 nitrogen and oxygen atoms in total. The predicted molar refractivity (Wildman–Crippen MR) is 60.1 cm³/mol. The van der Waals surface area contributed by atoms with E-state index in [1.54, 1.807) is 13.0 Å². The summed E-state index contributed by atoms with van der Waals surface area (Å²) in [6.07, 6.45) is 0.197. The number of amides is 1. The van der Waals surface area contributed by atoms with Crippen molar-refractivity contribution in [3.8, 4) is 0 Å². The molecule has 0 fully saturated rings. The summed E-state index contributed by atoms with van der Waals surface area (Å²) in [6, 6.07) is 4.33. The molecule has 0 heterocycles. The standard InChI is InChI=1S/C10H13N3O3/c1-7-2-3-8(13(15)16)6-9(7)12-10(14)4-5-11/h2-3,6H,4-5,11H2,1H3,(H,12,14). The average Bonchev–Trinajstić information content (AvgIpc) is 2.21. The fourth-order valence-electron chi connectivity index (χ4n) is 1.20. The number of nitrogens with two attached hydrogens (primary N) is 1. The highest BCUT2D eigenvalue weighted by Crippen LogP contribution is 2.21. The van der Waals surface area contributed by atoms with Crippen LogP contribution in [0.15, 0.2) is 18.2 Å². The van der Waals surface area contributed by atoms with Crippen molar-refractivity contribution in [2.45, 2.75) is 13.3 Å². The number of carbonyl (C=O) groups is 1. The van der Waals surface area contributed by atoms with Crippen LogP contribution in [0.5, 0.6) is 0 Å². The second kappa shape index (κ2) is 5.22. The highest BCUT2D eigenvalue weighted by Gasteiger charge is 2.10. The van der Waals surface area contributed by atoms with Crippen LogP contribution in [0.1, 0.15) is 12.0 Å². The van der Waals surface area contributed by atoms with Crippen molar-refractivity contribution in [3.63, 3.8) is 0 Å². The lowest BCUT2D eigenvalue weighted by atomic mass is 10.2. The molecule has 6 heteroatoms. The van der Waals surface area contributed by atoms with Gasteiger partial charge in [-0.15, -0.1) is 0 Å². The zero-order valence-corrected chi connectivity index (χ0v) is 8.90. The summed E-state index contributed by atoms with van der Waals surface area (Å²) >= 11 is 0. The summed E-state index contributed by atoms with van der Waals surface area (Å²) in [7, 11) is 0. The maximum atomic E-state index is 11.3. The minimum atomic E-state index is -0.502. The van der Waals surface area contributed by atoms with Crippen molar-refractivity contribution >= 4 is 17.3 Å².